The van der Waals surface area contributed by atoms with Crippen LogP contribution in [0.1, 0.15) is 46.5 Å². The summed E-state index contributed by atoms with van der Waals surface area (Å²) in [5.74, 6) is 0.910. The predicted octanol–water partition coefficient (Wildman–Crippen LogP) is 2.25. The maximum absolute atomic E-state index is 3.60. The lowest BCUT2D eigenvalue weighted by atomic mass is 9.83. The van der Waals surface area contributed by atoms with Gasteiger partial charge in [-0.25, -0.2) is 0 Å². The summed E-state index contributed by atoms with van der Waals surface area (Å²) in [5.41, 5.74) is 0.315. The molecule has 2 heteroatoms. The Morgan fingerprint density at radius 1 is 1.20 bits per heavy atom. The normalized spacial score (nSPS) is 37.8. The Labute approximate surface area is 94.4 Å². The van der Waals surface area contributed by atoms with Crippen LogP contribution in [0.4, 0.5) is 0 Å². The first kappa shape index (κ1) is 11.4. The first-order chi connectivity index (χ1) is 7.08. The smallest absolute Gasteiger partial charge is 0.0252 e. The Hall–Kier alpha value is -0.0800. The fourth-order valence-electron chi connectivity index (χ4n) is 3.30. The number of piperazine rings is 1. The summed E-state index contributed by atoms with van der Waals surface area (Å²) in [6.45, 7) is 10.7. The van der Waals surface area contributed by atoms with Gasteiger partial charge in [-0.1, -0.05) is 19.8 Å². The van der Waals surface area contributed by atoms with E-state index < -0.39 is 0 Å². The Balaban J connectivity index is 1.96. The summed E-state index contributed by atoms with van der Waals surface area (Å²) in [6.07, 6.45) is 5.76. The van der Waals surface area contributed by atoms with Gasteiger partial charge in [0.1, 0.15) is 0 Å². The van der Waals surface area contributed by atoms with Crippen molar-refractivity contribution in [3.05, 3.63) is 0 Å². The van der Waals surface area contributed by atoms with Gasteiger partial charge in [0.2, 0.25) is 0 Å². The highest BCUT2D eigenvalue weighted by molar-refractivity contribution is 4.91. The van der Waals surface area contributed by atoms with Crippen LogP contribution >= 0.6 is 0 Å². The molecule has 2 unspecified atom stereocenters. The molecule has 15 heavy (non-hydrogen) atoms. The molecule has 0 amide bonds. The van der Waals surface area contributed by atoms with E-state index in [-0.39, 0.29) is 0 Å². The fraction of sp³-hybridized carbons (Fsp3) is 1.00. The third-order valence-electron chi connectivity index (χ3n) is 4.14. The molecule has 0 spiro atoms. The van der Waals surface area contributed by atoms with Gasteiger partial charge in [-0.3, -0.25) is 4.90 Å². The average molecular weight is 210 g/mol. The molecule has 1 saturated carbocycles. The van der Waals surface area contributed by atoms with Crippen LogP contribution in [-0.2, 0) is 0 Å². The van der Waals surface area contributed by atoms with Crippen LogP contribution in [0.25, 0.3) is 0 Å². The zero-order valence-corrected chi connectivity index (χ0v) is 10.6. The minimum Gasteiger partial charge on any atom is -0.309 e. The first-order valence-corrected chi connectivity index (χ1v) is 6.57. The molecule has 2 nitrogen and oxygen atoms in total. The molecule has 0 radical (unpaired) electrons. The molecule has 2 atom stereocenters. The van der Waals surface area contributed by atoms with Crippen molar-refractivity contribution < 1.29 is 0 Å². The van der Waals surface area contributed by atoms with Crippen molar-refractivity contribution in [1.29, 1.82) is 0 Å². The SMILES string of the molecule is CC1CCCCC1N1CCNC(C)(C)C1. The van der Waals surface area contributed by atoms with Crippen LogP contribution in [0.5, 0.6) is 0 Å². The van der Waals surface area contributed by atoms with Gasteiger partial charge in [0.25, 0.3) is 0 Å². The maximum Gasteiger partial charge on any atom is 0.0252 e. The minimum absolute atomic E-state index is 0.315. The van der Waals surface area contributed by atoms with Crippen molar-refractivity contribution in [2.24, 2.45) is 5.92 Å². The Morgan fingerprint density at radius 3 is 2.60 bits per heavy atom. The third-order valence-corrected chi connectivity index (χ3v) is 4.14. The van der Waals surface area contributed by atoms with E-state index in [2.05, 4.69) is 31.0 Å². The topological polar surface area (TPSA) is 15.3 Å². The molecular weight excluding hydrogens is 184 g/mol. The van der Waals surface area contributed by atoms with Gasteiger partial charge in [0.15, 0.2) is 0 Å². The predicted molar refractivity (Wildman–Crippen MR) is 65.1 cm³/mol. The Bertz CT molecular complexity index is 213. The summed E-state index contributed by atoms with van der Waals surface area (Å²) < 4.78 is 0. The van der Waals surface area contributed by atoms with Crippen molar-refractivity contribution in [2.45, 2.75) is 58.0 Å². The molecule has 0 aromatic rings. The lowest BCUT2D eigenvalue weighted by molar-refractivity contribution is 0.0598. The maximum atomic E-state index is 3.60. The van der Waals surface area contributed by atoms with Crippen molar-refractivity contribution in [1.82, 2.24) is 10.2 Å². The Morgan fingerprint density at radius 2 is 1.93 bits per heavy atom. The molecule has 1 heterocycles. The number of hydrogen-bond acceptors (Lipinski definition) is 2. The van der Waals surface area contributed by atoms with Gasteiger partial charge in [-0.15, -0.1) is 0 Å². The highest BCUT2D eigenvalue weighted by Gasteiger charge is 2.33. The van der Waals surface area contributed by atoms with E-state index in [1.54, 1.807) is 0 Å². The summed E-state index contributed by atoms with van der Waals surface area (Å²) in [7, 11) is 0. The van der Waals surface area contributed by atoms with Crippen molar-refractivity contribution in [3.63, 3.8) is 0 Å². The molecule has 2 rings (SSSR count). The lowest BCUT2D eigenvalue weighted by Crippen LogP contribution is -2.60. The quantitative estimate of drug-likeness (QED) is 0.714. The number of hydrogen-bond donors (Lipinski definition) is 1. The van der Waals surface area contributed by atoms with Crippen LogP contribution in [0, 0.1) is 5.92 Å². The highest BCUT2D eigenvalue weighted by Crippen LogP contribution is 2.29. The highest BCUT2D eigenvalue weighted by atomic mass is 15.2. The van der Waals surface area contributed by atoms with Gasteiger partial charge in [-0.2, -0.15) is 0 Å². The third kappa shape index (κ3) is 2.73. The van der Waals surface area contributed by atoms with Gasteiger partial charge in [0, 0.05) is 31.2 Å². The summed E-state index contributed by atoms with van der Waals surface area (Å²) in [6, 6.07) is 0.861. The fourth-order valence-corrected chi connectivity index (χ4v) is 3.30. The number of rotatable bonds is 1. The molecule has 88 valence electrons. The van der Waals surface area contributed by atoms with E-state index >= 15 is 0 Å². The molecule has 0 aromatic heterocycles. The second kappa shape index (κ2) is 4.42. The second-order valence-electron chi connectivity index (χ2n) is 6.11. The van der Waals surface area contributed by atoms with Crippen molar-refractivity contribution >= 4 is 0 Å². The molecule has 2 aliphatic rings. The molecule has 0 aromatic carbocycles. The van der Waals surface area contributed by atoms with Gasteiger partial charge >= 0.3 is 0 Å². The summed E-state index contributed by atoms with van der Waals surface area (Å²) in [5, 5.41) is 3.60. The summed E-state index contributed by atoms with van der Waals surface area (Å²) in [4.78, 5) is 2.74. The van der Waals surface area contributed by atoms with E-state index in [0.29, 0.717) is 5.54 Å². The van der Waals surface area contributed by atoms with Crippen LogP contribution < -0.4 is 5.32 Å². The zero-order valence-electron chi connectivity index (χ0n) is 10.6. The zero-order chi connectivity index (χ0) is 10.9. The van der Waals surface area contributed by atoms with Gasteiger partial charge < -0.3 is 5.32 Å². The standard InChI is InChI=1S/C13H26N2/c1-11-6-4-5-7-12(11)15-9-8-14-13(2,3)10-15/h11-12,14H,4-10H2,1-3H3. The van der Waals surface area contributed by atoms with Crippen LogP contribution in [-0.4, -0.2) is 36.1 Å². The molecule has 1 saturated heterocycles. The molecule has 1 aliphatic carbocycles. The molecule has 2 fully saturated rings. The lowest BCUT2D eigenvalue weighted by Gasteiger charge is -2.46. The molecular formula is C13H26N2. The van der Waals surface area contributed by atoms with E-state index in [9.17, 15) is 0 Å². The van der Waals surface area contributed by atoms with E-state index in [1.165, 1.54) is 38.8 Å². The van der Waals surface area contributed by atoms with Crippen LogP contribution in [0.15, 0.2) is 0 Å². The largest absolute Gasteiger partial charge is 0.309 e. The van der Waals surface area contributed by atoms with Gasteiger partial charge in [0.05, 0.1) is 0 Å². The first-order valence-electron chi connectivity index (χ1n) is 6.57. The van der Waals surface area contributed by atoms with Crippen LogP contribution in [0.3, 0.4) is 0 Å². The van der Waals surface area contributed by atoms with Crippen LogP contribution in [0.2, 0.25) is 0 Å². The van der Waals surface area contributed by atoms with Crippen molar-refractivity contribution in [3.8, 4) is 0 Å². The second-order valence-corrected chi connectivity index (χ2v) is 6.11. The molecule has 0 bridgehead atoms. The monoisotopic (exact) mass is 210 g/mol. The number of nitrogens with one attached hydrogen (secondary N) is 1. The van der Waals surface area contributed by atoms with E-state index in [1.807, 2.05) is 0 Å². The molecule has 1 N–H and O–H groups in total. The Kier molecular flexibility index (Phi) is 3.36. The minimum atomic E-state index is 0.315. The van der Waals surface area contributed by atoms with Crippen molar-refractivity contribution in [2.75, 3.05) is 19.6 Å². The molecule has 1 aliphatic heterocycles. The average Bonchev–Trinajstić information content (AvgIpc) is 2.17. The van der Waals surface area contributed by atoms with E-state index in [4.69, 9.17) is 0 Å². The number of nitrogens with zero attached hydrogens (tertiary/aromatic N) is 1. The van der Waals surface area contributed by atoms with Gasteiger partial charge in [-0.05, 0) is 32.6 Å². The summed E-state index contributed by atoms with van der Waals surface area (Å²) >= 11 is 0. The van der Waals surface area contributed by atoms with E-state index in [0.717, 1.165) is 18.5 Å².